The second-order valence-electron chi connectivity index (χ2n) is 7.46. The molecule has 0 aliphatic heterocycles. The summed E-state index contributed by atoms with van der Waals surface area (Å²) in [5.74, 6) is 0.416. The van der Waals surface area contributed by atoms with Gasteiger partial charge in [0.1, 0.15) is 12.4 Å². The number of carbonyl (C=O) groups is 1. The summed E-state index contributed by atoms with van der Waals surface area (Å²) < 4.78 is 33.2. The van der Waals surface area contributed by atoms with Gasteiger partial charge in [-0.3, -0.25) is 9.52 Å². The molecule has 0 aliphatic rings. The van der Waals surface area contributed by atoms with Crippen molar-refractivity contribution in [2.75, 3.05) is 17.9 Å². The first-order chi connectivity index (χ1) is 15.2. The highest BCUT2D eigenvalue weighted by Crippen LogP contribution is 2.26. The van der Waals surface area contributed by atoms with Crippen molar-refractivity contribution in [3.8, 4) is 5.75 Å². The number of rotatable bonds is 8. The molecule has 0 heterocycles. The van der Waals surface area contributed by atoms with E-state index < -0.39 is 10.0 Å². The van der Waals surface area contributed by atoms with Gasteiger partial charge in [-0.1, -0.05) is 35.4 Å². The zero-order chi connectivity index (χ0) is 23.3. The lowest BCUT2D eigenvalue weighted by Gasteiger charge is -2.12. The minimum Gasteiger partial charge on any atom is -0.492 e. The predicted molar refractivity (Wildman–Crippen MR) is 127 cm³/mol. The van der Waals surface area contributed by atoms with Crippen LogP contribution in [0.5, 0.6) is 5.75 Å². The molecule has 0 aromatic heterocycles. The molecule has 6 nitrogen and oxygen atoms in total. The Morgan fingerprint density at radius 1 is 0.938 bits per heavy atom. The lowest BCUT2D eigenvalue weighted by atomic mass is 10.1. The topological polar surface area (TPSA) is 84.5 Å². The summed E-state index contributed by atoms with van der Waals surface area (Å²) in [5.41, 5.74) is 3.80. The van der Waals surface area contributed by atoms with E-state index in [2.05, 4.69) is 10.0 Å². The van der Waals surface area contributed by atoms with Crippen LogP contribution in [0.15, 0.2) is 65.6 Å². The molecule has 32 heavy (non-hydrogen) atoms. The van der Waals surface area contributed by atoms with Gasteiger partial charge in [0.05, 0.1) is 22.2 Å². The first kappa shape index (κ1) is 23.6. The number of nitrogens with one attached hydrogen (secondary N) is 2. The summed E-state index contributed by atoms with van der Waals surface area (Å²) in [5, 5.41) is 2.88. The molecule has 0 unspecified atom stereocenters. The van der Waals surface area contributed by atoms with Crippen LogP contribution in [0.4, 0.5) is 5.69 Å². The second-order valence-corrected chi connectivity index (χ2v) is 9.55. The molecule has 0 spiro atoms. The number of anilines is 1. The molecular formula is C24H25ClN2O4S. The number of hydrogen-bond acceptors (Lipinski definition) is 4. The molecular weight excluding hydrogens is 448 g/mol. The molecule has 168 valence electrons. The van der Waals surface area contributed by atoms with Crippen LogP contribution in [0.2, 0.25) is 5.02 Å². The Morgan fingerprint density at radius 3 is 2.31 bits per heavy atom. The number of benzene rings is 3. The van der Waals surface area contributed by atoms with E-state index >= 15 is 0 Å². The highest BCUT2D eigenvalue weighted by molar-refractivity contribution is 7.92. The van der Waals surface area contributed by atoms with E-state index in [0.29, 0.717) is 18.7 Å². The summed E-state index contributed by atoms with van der Waals surface area (Å²) >= 11 is 6.23. The maximum absolute atomic E-state index is 12.6. The van der Waals surface area contributed by atoms with Crippen LogP contribution in [0.1, 0.15) is 27.0 Å². The Labute approximate surface area is 193 Å². The van der Waals surface area contributed by atoms with Crippen molar-refractivity contribution in [3.05, 3.63) is 87.9 Å². The van der Waals surface area contributed by atoms with Crippen molar-refractivity contribution in [2.24, 2.45) is 0 Å². The SMILES string of the molecule is Cc1ccc(S(=O)(=O)Nc2ccc(C(=O)NCCOc3ccc(C)c(C)c3)cc2Cl)cc1. The Morgan fingerprint density at radius 2 is 1.66 bits per heavy atom. The minimum absolute atomic E-state index is 0.125. The van der Waals surface area contributed by atoms with Gasteiger partial charge in [-0.25, -0.2) is 8.42 Å². The Bertz CT molecular complexity index is 1230. The molecule has 0 saturated carbocycles. The zero-order valence-electron chi connectivity index (χ0n) is 18.1. The third kappa shape index (κ3) is 6.02. The molecule has 3 rings (SSSR count). The summed E-state index contributed by atoms with van der Waals surface area (Å²) in [7, 11) is -3.79. The second kappa shape index (κ2) is 10.1. The first-order valence-corrected chi connectivity index (χ1v) is 11.9. The van der Waals surface area contributed by atoms with Gasteiger partial charge in [0.2, 0.25) is 0 Å². The molecule has 0 aliphatic carbocycles. The maximum atomic E-state index is 12.6. The largest absolute Gasteiger partial charge is 0.492 e. The van der Waals surface area contributed by atoms with E-state index in [1.54, 1.807) is 12.1 Å². The van der Waals surface area contributed by atoms with E-state index in [0.717, 1.165) is 16.9 Å². The van der Waals surface area contributed by atoms with Crippen molar-refractivity contribution in [2.45, 2.75) is 25.7 Å². The fourth-order valence-electron chi connectivity index (χ4n) is 2.90. The van der Waals surface area contributed by atoms with Gasteiger partial charge >= 0.3 is 0 Å². The number of ether oxygens (including phenoxy) is 1. The van der Waals surface area contributed by atoms with Crippen LogP contribution >= 0.6 is 11.6 Å². The van der Waals surface area contributed by atoms with Crippen LogP contribution in [-0.2, 0) is 10.0 Å². The Hall–Kier alpha value is -3.03. The summed E-state index contributed by atoms with van der Waals surface area (Å²) in [6, 6.07) is 16.7. The average Bonchev–Trinajstić information content (AvgIpc) is 2.75. The summed E-state index contributed by atoms with van der Waals surface area (Å²) in [4.78, 5) is 12.5. The van der Waals surface area contributed by atoms with Crippen molar-refractivity contribution >= 4 is 33.2 Å². The smallest absolute Gasteiger partial charge is 0.261 e. The molecule has 0 atom stereocenters. The molecule has 3 aromatic carbocycles. The Balaban J connectivity index is 1.57. The fraction of sp³-hybridized carbons (Fsp3) is 0.208. The van der Waals surface area contributed by atoms with Crippen LogP contribution in [0.3, 0.4) is 0 Å². The van der Waals surface area contributed by atoms with Gasteiger partial charge in [-0.2, -0.15) is 0 Å². The monoisotopic (exact) mass is 472 g/mol. The first-order valence-electron chi connectivity index (χ1n) is 10.0. The highest BCUT2D eigenvalue weighted by Gasteiger charge is 2.16. The van der Waals surface area contributed by atoms with Gasteiger partial charge < -0.3 is 10.1 Å². The van der Waals surface area contributed by atoms with Gasteiger partial charge in [0.25, 0.3) is 15.9 Å². The van der Waals surface area contributed by atoms with Crippen LogP contribution < -0.4 is 14.8 Å². The quantitative estimate of drug-likeness (QED) is 0.458. The van der Waals surface area contributed by atoms with Crippen molar-refractivity contribution in [1.29, 1.82) is 0 Å². The van der Waals surface area contributed by atoms with Crippen LogP contribution in [-0.4, -0.2) is 27.5 Å². The number of amides is 1. The maximum Gasteiger partial charge on any atom is 0.261 e. The third-order valence-electron chi connectivity index (χ3n) is 4.94. The van der Waals surface area contributed by atoms with Gasteiger partial charge in [-0.05, 0) is 74.4 Å². The molecule has 1 amide bonds. The van der Waals surface area contributed by atoms with Gasteiger partial charge in [0.15, 0.2) is 0 Å². The van der Waals surface area contributed by atoms with Crippen LogP contribution in [0, 0.1) is 20.8 Å². The molecule has 8 heteroatoms. The Kier molecular flexibility index (Phi) is 7.43. The van der Waals surface area contributed by atoms with E-state index in [1.807, 2.05) is 39.0 Å². The number of aryl methyl sites for hydroxylation is 3. The van der Waals surface area contributed by atoms with E-state index in [9.17, 15) is 13.2 Å². The molecule has 2 N–H and O–H groups in total. The molecule has 0 bridgehead atoms. The van der Waals surface area contributed by atoms with Gasteiger partial charge in [-0.15, -0.1) is 0 Å². The van der Waals surface area contributed by atoms with E-state index in [4.69, 9.17) is 16.3 Å². The van der Waals surface area contributed by atoms with Gasteiger partial charge in [0, 0.05) is 5.56 Å². The fourth-order valence-corrected chi connectivity index (χ4v) is 4.26. The third-order valence-corrected chi connectivity index (χ3v) is 6.64. The summed E-state index contributed by atoms with van der Waals surface area (Å²) in [6.07, 6.45) is 0. The number of halogens is 1. The zero-order valence-corrected chi connectivity index (χ0v) is 19.7. The molecule has 0 fully saturated rings. The normalized spacial score (nSPS) is 11.1. The molecule has 3 aromatic rings. The predicted octanol–water partition coefficient (Wildman–Crippen LogP) is 4.87. The standard InChI is InChI=1S/C24H25ClN2O4S/c1-16-4-9-21(10-5-16)32(29,30)27-23-11-7-19(15-22(23)25)24(28)26-12-13-31-20-8-6-17(2)18(3)14-20/h4-11,14-15,27H,12-13H2,1-3H3,(H,26,28). The highest BCUT2D eigenvalue weighted by atomic mass is 35.5. The van der Waals surface area contributed by atoms with Crippen molar-refractivity contribution < 1.29 is 17.9 Å². The molecule has 0 radical (unpaired) electrons. The van der Waals surface area contributed by atoms with Crippen molar-refractivity contribution in [3.63, 3.8) is 0 Å². The van der Waals surface area contributed by atoms with Crippen LogP contribution in [0.25, 0.3) is 0 Å². The lowest BCUT2D eigenvalue weighted by molar-refractivity contribution is 0.0947. The molecule has 0 saturated heterocycles. The average molecular weight is 473 g/mol. The van der Waals surface area contributed by atoms with Crippen molar-refractivity contribution in [1.82, 2.24) is 5.32 Å². The number of carbonyl (C=O) groups excluding carboxylic acids is 1. The van der Waals surface area contributed by atoms with E-state index in [1.165, 1.54) is 35.9 Å². The lowest BCUT2D eigenvalue weighted by Crippen LogP contribution is -2.28. The minimum atomic E-state index is -3.79. The summed E-state index contributed by atoms with van der Waals surface area (Å²) in [6.45, 7) is 6.54. The number of hydrogen-bond donors (Lipinski definition) is 2. The van der Waals surface area contributed by atoms with E-state index in [-0.39, 0.29) is 21.5 Å². The number of sulfonamides is 1.